The molecule has 130 valence electrons. The van der Waals surface area contributed by atoms with Gasteiger partial charge in [-0.15, -0.1) is 0 Å². The van der Waals surface area contributed by atoms with Gasteiger partial charge in [0.1, 0.15) is 0 Å². The molecule has 2 atom stereocenters. The number of carbonyl (C=O) groups excluding carboxylic acids is 1. The van der Waals surface area contributed by atoms with Crippen LogP contribution >= 0.6 is 0 Å². The lowest BCUT2D eigenvalue weighted by Gasteiger charge is -2.36. The highest BCUT2D eigenvalue weighted by molar-refractivity contribution is 5.76. The molecule has 3 heteroatoms. The third kappa shape index (κ3) is 3.87. The molecule has 1 heterocycles. The Balaban J connectivity index is 1.21. The fourth-order valence-electron chi connectivity index (χ4n) is 3.99. The first-order chi connectivity index (χ1) is 12.3. The predicted molar refractivity (Wildman–Crippen MR) is 102 cm³/mol. The van der Waals surface area contributed by atoms with E-state index in [1.54, 1.807) is 0 Å². The van der Waals surface area contributed by atoms with Crippen molar-refractivity contribution in [3.8, 4) is 0 Å². The summed E-state index contributed by atoms with van der Waals surface area (Å²) in [7, 11) is 0. The number of benzene rings is 2. The third-order valence-electron chi connectivity index (χ3n) is 5.63. The maximum atomic E-state index is 12.5. The number of nitrogens with zero attached hydrogens (tertiary/aromatic N) is 2. The van der Waals surface area contributed by atoms with Crippen LogP contribution in [-0.2, 0) is 4.79 Å². The van der Waals surface area contributed by atoms with E-state index < -0.39 is 0 Å². The second kappa shape index (κ2) is 7.30. The molecule has 1 saturated heterocycles. The highest BCUT2D eigenvalue weighted by atomic mass is 16.2. The van der Waals surface area contributed by atoms with Crippen molar-refractivity contribution in [2.45, 2.75) is 25.2 Å². The molecule has 2 aliphatic rings. The zero-order chi connectivity index (χ0) is 17.1. The minimum Gasteiger partial charge on any atom is -0.368 e. The largest absolute Gasteiger partial charge is 0.368 e. The van der Waals surface area contributed by atoms with Gasteiger partial charge in [0.2, 0.25) is 5.91 Å². The van der Waals surface area contributed by atoms with E-state index in [0.717, 1.165) is 32.6 Å². The highest BCUT2D eigenvalue weighted by Crippen LogP contribution is 2.50. The molecule has 0 aromatic heterocycles. The van der Waals surface area contributed by atoms with Crippen LogP contribution in [0.15, 0.2) is 60.7 Å². The van der Waals surface area contributed by atoms with Gasteiger partial charge in [-0.3, -0.25) is 4.79 Å². The quantitative estimate of drug-likeness (QED) is 0.827. The minimum atomic E-state index is 0.339. The second-order valence-electron chi connectivity index (χ2n) is 7.26. The predicted octanol–water partition coefficient (Wildman–Crippen LogP) is 3.92. The summed E-state index contributed by atoms with van der Waals surface area (Å²) in [6.07, 6.45) is 3.00. The van der Waals surface area contributed by atoms with E-state index in [0.29, 0.717) is 24.2 Å². The lowest BCUT2D eigenvalue weighted by Crippen LogP contribution is -2.48. The number of carbonyl (C=O) groups is 1. The van der Waals surface area contributed by atoms with E-state index >= 15 is 0 Å². The Hall–Kier alpha value is -2.29. The van der Waals surface area contributed by atoms with Gasteiger partial charge in [0.25, 0.3) is 0 Å². The molecule has 1 aliphatic heterocycles. The normalized spacial score (nSPS) is 22.7. The number of para-hydroxylation sites is 1. The summed E-state index contributed by atoms with van der Waals surface area (Å²) in [5.41, 5.74) is 2.70. The van der Waals surface area contributed by atoms with Crippen molar-refractivity contribution in [2.24, 2.45) is 5.92 Å². The summed E-state index contributed by atoms with van der Waals surface area (Å²) in [6, 6.07) is 21.2. The van der Waals surface area contributed by atoms with E-state index in [2.05, 4.69) is 64.4 Å². The first kappa shape index (κ1) is 16.2. The number of rotatable bonds is 5. The Labute approximate surface area is 150 Å². The first-order valence-electron chi connectivity index (χ1n) is 9.44. The van der Waals surface area contributed by atoms with Crippen molar-refractivity contribution in [1.29, 1.82) is 0 Å². The molecular weight excluding hydrogens is 308 g/mol. The summed E-state index contributed by atoms with van der Waals surface area (Å²) in [5.74, 6) is 1.73. The number of piperazine rings is 1. The molecule has 1 aliphatic carbocycles. The van der Waals surface area contributed by atoms with Gasteiger partial charge in [-0.25, -0.2) is 0 Å². The Bertz CT molecular complexity index is 692. The summed E-state index contributed by atoms with van der Waals surface area (Å²) in [5, 5.41) is 0. The van der Waals surface area contributed by atoms with Crippen LogP contribution in [0.5, 0.6) is 0 Å². The Morgan fingerprint density at radius 1 is 0.880 bits per heavy atom. The van der Waals surface area contributed by atoms with Crippen LogP contribution in [0.2, 0.25) is 0 Å². The number of hydrogen-bond donors (Lipinski definition) is 0. The van der Waals surface area contributed by atoms with Crippen molar-refractivity contribution in [3.05, 3.63) is 66.2 Å². The third-order valence-corrected chi connectivity index (χ3v) is 5.63. The Morgan fingerprint density at radius 3 is 2.20 bits per heavy atom. The Morgan fingerprint density at radius 2 is 1.52 bits per heavy atom. The van der Waals surface area contributed by atoms with Crippen LogP contribution in [-0.4, -0.2) is 37.0 Å². The van der Waals surface area contributed by atoms with Crippen LogP contribution in [0.1, 0.15) is 30.7 Å². The van der Waals surface area contributed by atoms with E-state index in [9.17, 15) is 4.79 Å². The van der Waals surface area contributed by atoms with Crippen molar-refractivity contribution in [3.63, 3.8) is 0 Å². The molecule has 2 aromatic carbocycles. The molecule has 0 spiro atoms. The molecular formula is C22H26N2O. The van der Waals surface area contributed by atoms with Gasteiger partial charge in [-0.1, -0.05) is 48.5 Å². The van der Waals surface area contributed by atoms with E-state index in [4.69, 9.17) is 0 Å². The molecule has 1 amide bonds. The molecule has 0 bridgehead atoms. The van der Waals surface area contributed by atoms with Gasteiger partial charge < -0.3 is 9.80 Å². The molecule has 2 fully saturated rings. The number of hydrogen-bond acceptors (Lipinski definition) is 2. The lowest BCUT2D eigenvalue weighted by molar-refractivity contribution is -0.131. The minimum absolute atomic E-state index is 0.339. The average molecular weight is 334 g/mol. The van der Waals surface area contributed by atoms with Crippen molar-refractivity contribution in [2.75, 3.05) is 31.1 Å². The van der Waals surface area contributed by atoms with Gasteiger partial charge in [-0.05, 0) is 42.4 Å². The van der Waals surface area contributed by atoms with E-state index in [-0.39, 0.29) is 0 Å². The molecule has 1 saturated carbocycles. The van der Waals surface area contributed by atoms with Gasteiger partial charge in [0.05, 0.1) is 0 Å². The van der Waals surface area contributed by atoms with Gasteiger partial charge >= 0.3 is 0 Å². The molecule has 0 N–H and O–H groups in total. The number of amides is 1. The smallest absolute Gasteiger partial charge is 0.222 e. The zero-order valence-electron chi connectivity index (χ0n) is 14.7. The molecule has 0 radical (unpaired) electrons. The van der Waals surface area contributed by atoms with Gasteiger partial charge in [-0.2, -0.15) is 0 Å². The highest BCUT2D eigenvalue weighted by Gasteiger charge is 2.38. The van der Waals surface area contributed by atoms with Crippen molar-refractivity contribution in [1.82, 2.24) is 4.90 Å². The summed E-state index contributed by atoms with van der Waals surface area (Å²) in [4.78, 5) is 17.0. The fraction of sp³-hybridized carbons (Fsp3) is 0.409. The Kier molecular flexibility index (Phi) is 4.73. The van der Waals surface area contributed by atoms with E-state index in [1.807, 2.05) is 6.07 Å². The lowest BCUT2D eigenvalue weighted by atomic mass is 10.1. The summed E-state index contributed by atoms with van der Waals surface area (Å²) in [6.45, 7) is 3.57. The van der Waals surface area contributed by atoms with E-state index in [1.165, 1.54) is 17.7 Å². The fourth-order valence-corrected chi connectivity index (χ4v) is 3.99. The van der Waals surface area contributed by atoms with Crippen LogP contribution < -0.4 is 4.90 Å². The van der Waals surface area contributed by atoms with Gasteiger partial charge in [0.15, 0.2) is 0 Å². The summed E-state index contributed by atoms with van der Waals surface area (Å²) < 4.78 is 0. The van der Waals surface area contributed by atoms with Crippen LogP contribution in [0.4, 0.5) is 5.69 Å². The van der Waals surface area contributed by atoms with Crippen molar-refractivity contribution >= 4 is 11.6 Å². The first-order valence-corrected chi connectivity index (χ1v) is 9.44. The molecule has 4 rings (SSSR count). The SMILES string of the molecule is O=C(CCC1CC1c1ccccc1)N1CCN(c2ccccc2)CC1. The summed E-state index contributed by atoms with van der Waals surface area (Å²) >= 11 is 0. The molecule has 3 nitrogen and oxygen atoms in total. The maximum absolute atomic E-state index is 12.5. The van der Waals surface area contributed by atoms with Crippen LogP contribution in [0.25, 0.3) is 0 Å². The van der Waals surface area contributed by atoms with Crippen LogP contribution in [0.3, 0.4) is 0 Å². The zero-order valence-corrected chi connectivity index (χ0v) is 14.7. The second-order valence-corrected chi connectivity index (χ2v) is 7.26. The average Bonchev–Trinajstić information content (AvgIpc) is 3.47. The maximum Gasteiger partial charge on any atom is 0.222 e. The molecule has 2 aromatic rings. The standard InChI is InChI=1S/C22H26N2O/c25-22(12-11-19-17-21(19)18-7-3-1-4-8-18)24-15-13-23(14-16-24)20-9-5-2-6-10-20/h1-10,19,21H,11-17H2. The number of anilines is 1. The molecule has 25 heavy (non-hydrogen) atoms. The van der Waals surface area contributed by atoms with Gasteiger partial charge in [0, 0.05) is 38.3 Å². The topological polar surface area (TPSA) is 23.6 Å². The van der Waals surface area contributed by atoms with Crippen molar-refractivity contribution < 1.29 is 4.79 Å². The monoisotopic (exact) mass is 334 g/mol. The molecule has 2 unspecified atom stereocenters. The van der Waals surface area contributed by atoms with Crippen LogP contribution in [0, 0.1) is 5.92 Å².